The highest BCUT2D eigenvalue weighted by Gasteiger charge is 2.44. The number of thiazole rings is 1. The summed E-state index contributed by atoms with van der Waals surface area (Å²) in [6, 6.07) is 0. The van der Waals surface area contributed by atoms with E-state index in [9.17, 15) is 0 Å². The van der Waals surface area contributed by atoms with Gasteiger partial charge in [-0.15, -0.1) is 11.3 Å². The number of hydrogen-bond donors (Lipinski definition) is 0. The molecule has 60 valence electrons. The van der Waals surface area contributed by atoms with Gasteiger partial charge in [-0.05, 0) is 26.7 Å². The highest BCUT2D eigenvalue weighted by molar-refractivity contribution is 9.09. The van der Waals surface area contributed by atoms with Crippen LogP contribution in [0.2, 0.25) is 0 Å². The Balaban J connectivity index is 2.39. The van der Waals surface area contributed by atoms with Crippen LogP contribution in [0.5, 0.6) is 0 Å². The third kappa shape index (κ3) is 1.25. The minimum atomic E-state index is 0.274. The number of rotatable bonds is 1. The van der Waals surface area contributed by atoms with Gasteiger partial charge >= 0.3 is 0 Å². The van der Waals surface area contributed by atoms with E-state index in [0.717, 1.165) is 0 Å². The van der Waals surface area contributed by atoms with E-state index in [1.165, 1.54) is 28.4 Å². The van der Waals surface area contributed by atoms with Crippen LogP contribution in [0.3, 0.4) is 0 Å². The molecule has 0 amide bonds. The number of hydrogen-bond acceptors (Lipinski definition) is 2. The molecule has 2 rings (SSSR count). The average molecular weight is 232 g/mol. The van der Waals surface area contributed by atoms with E-state index < -0.39 is 0 Å². The van der Waals surface area contributed by atoms with Crippen molar-refractivity contribution in [3.63, 3.8) is 0 Å². The van der Waals surface area contributed by atoms with Gasteiger partial charge in [0.25, 0.3) is 0 Å². The second kappa shape index (κ2) is 2.30. The maximum Gasteiger partial charge on any atom is 0.110 e. The van der Waals surface area contributed by atoms with E-state index in [4.69, 9.17) is 0 Å². The van der Waals surface area contributed by atoms with Crippen molar-refractivity contribution in [2.75, 3.05) is 0 Å². The smallest absolute Gasteiger partial charge is 0.110 e. The topological polar surface area (TPSA) is 12.9 Å². The standard InChI is InChI=1S/C8H10BrNS/c1-5-6(2)11-7(10-5)8(9)3-4-8/h3-4H2,1-2H3. The van der Waals surface area contributed by atoms with Gasteiger partial charge in [-0.25, -0.2) is 4.98 Å². The third-order valence-corrected chi connectivity index (χ3v) is 4.81. The SMILES string of the molecule is Cc1nc(C2(Br)CC2)sc1C. The van der Waals surface area contributed by atoms with Crippen molar-refractivity contribution in [2.24, 2.45) is 0 Å². The summed E-state index contributed by atoms with van der Waals surface area (Å²) in [4.78, 5) is 5.87. The van der Waals surface area contributed by atoms with Gasteiger partial charge in [-0.3, -0.25) is 0 Å². The Bertz CT molecular complexity index is 269. The number of halogens is 1. The van der Waals surface area contributed by atoms with Gasteiger partial charge in [0.2, 0.25) is 0 Å². The Labute approximate surface area is 79.0 Å². The lowest BCUT2D eigenvalue weighted by molar-refractivity contribution is 1.00. The predicted octanol–water partition coefficient (Wildman–Crippen LogP) is 3.14. The quantitative estimate of drug-likeness (QED) is 0.678. The van der Waals surface area contributed by atoms with Gasteiger partial charge in [0.1, 0.15) is 5.01 Å². The van der Waals surface area contributed by atoms with Crippen molar-refractivity contribution in [1.29, 1.82) is 0 Å². The first-order chi connectivity index (χ1) is 5.12. The highest BCUT2D eigenvalue weighted by Crippen LogP contribution is 2.54. The number of nitrogens with zero attached hydrogens (tertiary/aromatic N) is 1. The van der Waals surface area contributed by atoms with E-state index in [-0.39, 0.29) is 4.32 Å². The molecule has 0 spiro atoms. The number of aryl methyl sites for hydroxylation is 2. The second-order valence-corrected chi connectivity index (χ2v) is 5.85. The number of aromatic nitrogens is 1. The van der Waals surface area contributed by atoms with E-state index in [0.29, 0.717) is 0 Å². The maximum absolute atomic E-state index is 4.52. The zero-order chi connectivity index (χ0) is 8.06. The van der Waals surface area contributed by atoms with Crippen molar-refractivity contribution < 1.29 is 0 Å². The fourth-order valence-electron chi connectivity index (χ4n) is 0.988. The molecule has 1 aromatic rings. The van der Waals surface area contributed by atoms with Crippen LogP contribution in [0.4, 0.5) is 0 Å². The molecular formula is C8H10BrNS. The molecule has 0 bridgehead atoms. The predicted molar refractivity (Wildman–Crippen MR) is 51.4 cm³/mol. The summed E-state index contributed by atoms with van der Waals surface area (Å²) in [5.74, 6) is 0. The van der Waals surface area contributed by atoms with Crippen LogP contribution in [0, 0.1) is 13.8 Å². The molecule has 1 aliphatic rings. The van der Waals surface area contributed by atoms with E-state index in [1.807, 2.05) is 11.3 Å². The summed E-state index contributed by atoms with van der Waals surface area (Å²) >= 11 is 5.52. The number of alkyl halides is 1. The van der Waals surface area contributed by atoms with Gasteiger partial charge in [0.15, 0.2) is 0 Å². The van der Waals surface area contributed by atoms with E-state index in [1.54, 1.807) is 0 Å². The fraction of sp³-hybridized carbons (Fsp3) is 0.625. The first-order valence-electron chi connectivity index (χ1n) is 3.75. The molecular weight excluding hydrogens is 222 g/mol. The summed E-state index contributed by atoms with van der Waals surface area (Å²) in [6.45, 7) is 4.21. The molecule has 0 aliphatic heterocycles. The van der Waals surface area contributed by atoms with Crippen molar-refractivity contribution in [3.05, 3.63) is 15.6 Å². The third-order valence-electron chi connectivity index (χ3n) is 2.10. The Kier molecular flexibility index (Phi) is 1.62. The van der Waals surface area contributed by atoms with Crippen LogP contribution in [0.15, 0.2) is 0 Å². The van der Waals surface area contributed by atoms with Crippen LogP contribution in [0.25, 0.3) is 0 Å². The van der Waals surface area contributed by atoms with E-state index in [2.05, 4.69) is 34.8 Å². The second-order valence-electron chi connectivity index (χ2n) is 3.13. The molecule has 0 saturated heterocycles. The molecule has 11 heavy (non-hydrogen) atoms. The summed E-state index contributed by atoms with van der Waals surface area (Å²) < 4.78 is 0.274. The van der Waals surface area contributed by atoms with Crippen LogP contribution in [-0.2, 0) is 4.32 Å². The van der Waals surface area contributed by atoms with E-state index >= 15 is 0 Å². The van der Waals surface area contributed by atoms with Gasteiger partial charge < -0.3 is 0 Å². The molecule has 1 nitrogen and oxygen atoms in total. The molecule has 3 heteroatoms. The Morgan fingerprint density at radius 3 is 2.45 bits per heavy atom. The summed E-state index contributed by atoms with van der Waals surface area (Å²) in [5.41, 5.74) is 1.19. The van der Waals surface area contributed by atoms with Crippen LogP contribution >= 0.6 is 27.3 Å². The lowest BCUT2D eigenvalue weighted by atomic mass is 10.4. The van der Waals surface area contributed by atoms with Gasteiger partial charge in [-0.1, -0.05) is 15.9 Å². The van der Waals surface area contributed by atoms with Gasteiger partial charge in [-0.2, -0.15) is 0 Å². The van der Waals surface area contributed by atoms with Crippen LogP contribution in [0.1, 0.15) is 28.4 Å². The van der Waals surface area contributed by atoms with Crippen molar-refractivity contribution in [1.82, 2.24) is 4.98 Å². The molecule has 0 atom stereocenters. The van der Waals surface area contributed by atoms with Crippen molar-refractivity contribution in [3.8, 4) is 0 Å². The lowest BCUT2D eigenvalue weighted by Gasteiger charge is -1.97. The lowest BCUT2D eigenvalue weighted by Crippen LogP contribution is -1.92. The first kappa shape index (κ1) is 7.74. The zero-order valence-corrected chi connectivity index (χ0v) is 9.05. The molecule has 0 unspecified atom stereocenters. The van der Waals surface area contributed by atoms with Gasteiger partial charge in [0.05, 0.1) is 10.0 Å². The highest BCUT2D eigenvalue weighted by atomic mass is 79.9. The Morgan fingerprint density at radius 2 is 2.09 bits per heavy atom. The minimum Gasteiger partial charge on any atom is -0.245 e. The molecule has 0 radical (unpaired) electrons. The van der Waals surface area contributed by atoms with Crippen molar-refractivity contribution in [2.45, 2.75) is 31.0 Å². The largest absolute Gasteiger partial charge is 0.245 e. The zero-order valence-electron chi connectivity index (χ0n) is 6.65. The molecule has 1 aliphatic carbocycles. The Morgan fingerprint density at radius 1 is 1.45 bits per heavy atom. The average Bonchev–Trinajstić information content (AvgIpc) is 2.59. The van der Waals surface area contributed by atoms with Crippen LogP contribution < -0.4 is 0 Å². The molecule has 0 N–H and O–H groups in total. The van der Waals surface area contributed by atoms with Crippen molar-refractivity contribution >= 4 is 27.3 Å². The fourth-order valence-corrected chi connectivity index (χ4v) is 2.57. The molecule has 0 aromatic carbocycles. The van der Waals surface area contributed by atoms with Crippen LogP contribution in [-0.4, -0.2) is 4.98 Å². The molecule has 1 fully saturated rings. The normalized spacial score (nSPS) is 20.3. The van der Waals surface area contributed by atoms with Gasteiger partial charge in [0, 0.05) is 4.88 Å². The molecule has 1 saturated carbocycles. The maximum atomic E-state index is 4.52. The summed E-state index contributed by atoms with van der Waals surface area (Å²) in [6.07, 6.45) is 2.50. The Hall–Kier alpha value is 0.110. The first-order valence-corrected chi connectivity index (χ1v) is 5.36. The molecule has 1 aromatic heterocycles. The summed E-state index contributed by atoms with van der Waals surface area (Å²) in [7, 11) is 0. The molecule has 1 heterocycles. The summed E-state index contributed by atoms with van der Waals surface area (Å²) in [5, 5.41) is 1.27. The minimum absolute atomic E-state index is 0.274. The monoisotopic (exact) mass is 231 g/mol.